The molecule has 1 atom stereocenters. The quantitative estimate of drug-likeness (QED) is 0.0126. The molecule has 16 N–H and O–H groups in total. The molecule has 0 saturated heterocycles. The number of carbonyl (C=O) groups excluding carboxylic acids is 1. The second-order valence-electron chi connectivity index (χ2n) is 33.3. The largest absolute Gasteiger partial charge is 0.451 e. The van der Waals surface area contributed by atoms with E-state index in [-0.39, 0.29) is 78.9 Å². The third-order valence-electron chi connectivity index (χ3n) is 20.3. The van der Waals surface area contributed by atoms with Gasteiger partial charge in [-0.3, -0.25) is 4.79 Å². The second kappa shape index (κ2) is 57.7. The van der Waals surface area contributed by atoms with Crippen molar-refractivity contribution in [3.05, 3.63) is 218 Å². The first-order valence-electron chi connectivity index (χ1n) is 46.4. The van der Waals surface area contributed by atoms with Crippen molar-refractivity contribution in [2.24, 2.45) is 0 Å². The highest BCUT2D eigenvalue weighted by atomic mass is 79.9. The average Bonchev–Trinajstić information content (AvgIpc) is 0.842. The van der Waals surface area contributed by atoms with Crippen LogP contribution >= 0.6 is 31.9 Å². The van der Waals surface area contributed by atoms with Crippen LogP contribution in [-0.4, -0.2) is 165 Å². The number of nitrogens with zero attached hydrogens (tertiary/aromatic N) is 18. The van der Waals surface area contributed by atoms with Crippen molar-refractivity contribution in [3.63, 3.8) is 0 Å². The standard InChI is InChI=1S/C21H21N5O.C18H23N5O2.C17H24BrN5O2.C17H19N5O2.C17H20N4O.C14H18BrN5O/c1-4-16-10-18(17(12-23-16)14(2)3)27-19-13-25-21(22)26-20(19)24-11-15-8-6-5-7-9-15;1-5-12-7-15(14(8-20-12)11(3)4)25-16-9-21-18(23-17(16)19)22-13(6-2)10-24;1-4-5-20-17-22-10-14(16(23-17)19-6-7-24)25-13-8-15(18)21-9-12(13)11(2)3;1-5-12-6-14(13(8-19-12)10(2)3)24-15-9-21-17(18)22-16(15)20-7-11(4)23;1-6-13-8-15(14(9-20-13)11(3)4)22-16-10-19-12(5)21-17(16)18-7-2;1-8(2)9-6-18-12(15)5-10(9)21-11-7-19-14(17-4)20-13(11)16-3/h1,5-10,12-14H,11H2,2-3H3,(H3,22,24,25,26);1,7-9,11,13,24H,6,10H2,2-4H3,(H3,19,21,22,23);8-11,24H,4-7H2,1-3H3,(H2,19,20,22,23);1,6,8-10H,7H2,2-4H3,(H3,18,20,21,22);1,8-11H,7H2,2-5H3,(H,18,19,21);5-8H,1-4H3,(H2,16,17,19,20). The van der Waals surface area contributed by atoms with Crippen LogP contribution in [0.5, 0.6) is 69.0 Å². The zero-order chi connectivity index (χ0) is 105. The number of aliphatic hydroxyl groups excluding tert-OH is 2. The molecule has 0 aliphatic carbocycles. The predicted octanol–water partition coefficient (Wildman–Crippen LogP) is 19.8. The van der Waals surface area contributed by atoms with E-state index in [1.807, 2.05) is 97.1 Å². The molecule has 40 heteroatoms. The molecular formula is C104H125Br2N29O9. The molecule has 13 rings (SSSR count). The molecule has 0 amide bonds. The van der Waals surface area contributed by atoms with Gasteiger partial charge in [-0.15, -0.1) is 25.7 Å². The second-order valence-corrected chi connectivity index (χ2v) is 35.0. The van der Waals surface area contributed by atoms with Crippen LogP contribution in [0.15, 0.2) is 150 Å². The van der Waals surface area contributed by atoms with Crippen molar-refractivity contribution in [2.45, 2.75) is 179 Å². The molecular weight excluding hydrogens is 1960 g/mol. The number of pyridine rings is 6. The zero-order valence-corrected chi connectivity index (χ0v) is 87.5. The Morgan fingerprint density at radius 1 is 0.396 bits per heavy atom. The number of aliphatic hydroxyl groups is 2. The fourth-order valence-corrected chi connectivity index (χ4v) is 13.2. The molecule has 12 aromatic heterocycles. The van der Waals surface area contributed by atoms with E-state index in [4.69, 9.17) is 76.4 Å². The Bertz CT molecular complexity index is 6570. The Morgan fingerprint density at radius 3 is 1.15 bits per heavy atom. The smallest absolute Gasteiger partial charge is 0.225 e. The molecule has 0 aliphatic rings. The van der Waals surface area contributed by atoms with Gasteiger partial charge in [0.1, 0.15) is 78.1 Å². The number of benzene rings is 1. The van der Waals surface area contributed by atoms with E-state index < -0.39 is 0 Å². The first-order chi connectivity index (χ1) is 69.1. The monoisotopic (exact) mass is 2080 g/mol. The highest BCUT2D eigenvalue weighted by molar-refractivity contribution is 9.10. The number of halogens is 2. The SMILES string of the molecule is C#Cc1cc(Oc2cnc(C)nc2NCC)c(C(C)C)cn1.C#Cc1cc(Oc2cnc(N)nc2NCC(C)=O)c(C(C)C)cn1.C#Cc1cc(Oc2cnc(N)nc2NCc2ccccc2)c(C(C)C)cn1.C#Cc1cc(Oc2cnc(NC(CC)CO)nc2N)c(C(C)C)cn1.CCCNc1ncc(Oc2cc(Br)ncc2C(C)C)c(NCCO)n1.CNc1ncc(Oc2cc(Br)ncc2C(C)C)c(NC)n1. The number of ether oxygens (including phenoxy) is 6. The lowest BCUT2D eigenvalue weighted by molar-refractivity contribution is -0.115. The summed E-state index contributed by atoms with van der Waals surface area (Å²) in [5.41, 5.74) is 26.2. The lowest BCUT2D eigenvalue weighted by atomic mass is 10.0. The Balaban J connectivity index is 0.000000211. The van der Waals surface area contributed by atoms with Crippen LogP contribution in [0.4, 0.5) is 64.6 Å². The number of aromatic nitrogens is 18. The van der Waals surface area contributed by atoms with Crippen LogP contribution in [0.1, 0.15) is 227 Å². The molecule has 0 spiro atoms. The van der Waals surface area contributed by atoms with E-state index in [2.05, 4.69) is 250 Å². The zero-order valence-electron chi connectivity index (χ0n) is 84.3. The van der Waals surface area contributed by atoms with Gasteiger partial charge in [0.05, 0.1) is 63.0 Å². The van der Waals surface area contributed by atoms with Crippen LogP contribution in [0.25, 0.3) is 0 Å². The molecule has 38 nitrogen and oxygen atoms in total. The minimum Gasteiger partial charge on any atom is -0.451 e. The number of carbonyl (C=O) groups is 1. The van der Waals surface area contributed by atoms with Crippen molar-refractivity contribution >= 4 is 102 Å². The molecule has 144 heavy (non-hydrogen) atoms. The number of ketones is 1. The number of terminal acetylenes is 4. The summed E-state index contributed by atoms with van der Waals surface area (Å²) in [6.07, 6.45) is 43.4. The van der Waals surface area contributed by atoms with Gasteiger partial charge in [-0.25, -0.2) is 64.8 Å². The van der Waals surface area contributed by atoms with Crippen molar-refractivity contribution in [3.8, 4) is 118 Å². The van der Waals surface area contributed by atoms with Crippen molar-refractivity contribution in [1.82, 2.24) is 89.7 Å². The van der Waals surface area contributed by atoms with Crippen LogP contribution in [0.3, 0.4) is 0 Å². The number of hydrogen-bond donors (Lipinski definition) is 13. The van der Waals surface area contributed by atoms with Gasteiger partial charge in [0.15, 0.2) is 69.4 Å². The summed E-state index contributed by atoms with van der Waals surface area (Å²) in [4.78, 5) is 87.1. The summed E-state index contributed by atoms with van der Waals surface area (Å²) in [6.45, 7) is 36.7. The predicted molar refractivity (Wildman–Crippen MR) is 573 cm³/mol. The fraction of sp³-hybridized carbons (Fsp3) is 0.337. The molecule has 1 aromatic carbocycles. The lowest BCUT2D eigenvalue weighted by Gasteiger charge is -2.16. The number of nitrogens with two attached hydrogens (primary N) is 3. The van der Waals surface area contributed by atoms with Gasteiger partial charge in [0.25, 0.3) is 0 Å². The summed E-state index contributed by atoms with van der Waals surface area (Å²) in [6, 6.07) is 20.4. The van der Waals surface area contributed by atoms with E-state index in [0.717, 1.165) is 75.2 Å². The third-order valence-corrected chi connectivity index (χ3v) is 21.1. The molecule has 0 radical (unpaired) electrons. The van der Waals surface area contributed by atoms with E-state index in [0.29, 0.717) is 162 Å². The van der Waals surface area contributed by atoms with Gasteiger partial charge < -0.3 is 98.4 Å². The molecule has 0 bridgehead atoms. The van der Waals surface area contributed by atoms with Gasteiger partial charge >= 0.3 is 0 Å². The van der Waals surface area contributed by atoms with Crippen molar-refractivity contribution in [1.29, 1.82) is 0 Å². The number of aryl methyl sites for hydroxylation is 1. The van der Waals surface area contributed by atoms with E-state index in [1.54, 1.807) is 94.1 Å². The van der Waals surface area contributed by atoms with Crippen LogP contribution in [-0.2, 0) is 11.3 Å². The van der Waals surface area contributed by atoms with Gasteiger partial charge in [0.2, 0.25) is 29.7 Å². The Hall–Kier alpha value is -16.0. The van der Waals surface area contributed by atoms with Gasteiger partial charge in [0, 0.05) is 147 Å². The molecule has 0 fully saturated rings. The van der Waals surface area contributed by atoms with E-state index in [1.165, 1.54) is 19.3 Å². The van der Waals surface area contributed by atoms with Gasteiger partial charge in [-0.1, -0.05) is 151 Å². The third kappa shape index (κ3) is 35.0. The number of rotatable bonds is 38. The number of nitrogen functional groups attached to an aromatic ring is 3. The van der Waals surface area contributed by atoms with Crippen LogP contribution in [0, 0.1) is 56.3 Å². The summed E-state index contributed by atoms with van der Waals surface area (Å²) in [5.74, 6) is 23.3. The first-order valence-corrected chi connectivity index (χ1v) is 47.9. The first kappa shape index (κ1) is 113. The molecule has 0 saturated carbocycles. The molecule has 0 aliphatic heterocycles. The minimum absolute atomic E-state index is 0.000780. The summed E-state index contributed by atoms with van der Waals surface area (Å²) in [5, 5.41) is 42.8. The average molecular weight is 2090 g/mol. The van der Waals surface area contributed by atoms with Crippen molar-refractivity contribution < 1.29 is 43.4 Å². The van der Waals surface area contributed by atoms with Crippen LogP contribution in [0.2, 0.25) is 0 Å². The molecule has 13 aromatic rings. The molecule has 754 valence electrons. The Labute approximate surface area is 858 Å². The molecule has 1 unspecified atom stereocenters. The maximum absolute atomic E-state index is 11.2. The number of hydrogen-bond acceptors (Lipinski definition) is 38. The summed E-state index contributed by atoms with van der Waals surface area (Å²) in [7, 11) is 3.56. The van der Waals surface area contributed by atoms with Crippen molar-refractivity contribution in [2.75, 3.05) is 113 Å². The van der Waals surface area contributed by atoms with Gasteiger partial charge in [-0.05, 0) is 107 Å². The maximum atomic E-state index is 11.2. The van der Waals surface area contributed by atoms with E-state index >= 15 is 0 Å². The normalized spacial score (nSPS) is 10.7. The number of Topliss-reactive ketones (excluding diaryl/α,β-unsaturated/α-hetero) is 1. The summed E-state index contributed by atoms with van der Waals surface area (Å²) >= 11 is 6.75. The Kier molecular flexibility index (Phi) is 45.3. The lowest BCUT2D eigenvalue weighted by Crippen LogP contribution is -2.24. The minimum atomic E-state index is -0.128. The van der Waals surface area contributed by atoms with Crippen LogP contribution < -0.4 is 88.2 Å². The fourth-order valence-electron chi connectivity index (χ4n) is 12.6. The summed E-state index contributed by atoms with van der Waals surface area (Å²) < 4.78 is 37.5. The molecule has 12 heterocycles. The highest BCUT2D eigenvalue weighted by Crippen LogP contribution is 2.42. The maximum Gasteiger partial charge on any atom is 0.225 e. The van der Waals surface area contributed by atoms with Gasteiger partial charge in [-0.2, -0.15) is 24.9 Å². The van der Waals surface area contributed by atoms with E-state index in [9.17, 15) is 9.90 Å². The number of anilines is 11. The Morgan fingerprint density at radius 2 is 0.764 bits per heavy atom. The number of nitrogens with one attached hydrogen (secondary N) is 8. The highest BCUT2D eigenvalue weighted by Gasteiger charge is 2.24. The topological polar surface area (TPSA) is 519 Å².